The van der Waals surface area contributed by atoms with Crippen LogP contribution in [-0.4, -0.2) is 24.1 Å². The third-order valence-corrected chi connectivity index (χ3v) is 12.4. The highest BCUT2D eigenvalue weighted by Crippen LogP contribution is 2.46. The van der Waals surface area contributed by atoms with Gasteiger partial charge in [0.15, 0.2) is 17.5 Å². The fourth-order valence-electron chi connectivity index (χ4n) is 9.51. The molecule has 7 heteroatoms. The van der Waals surface area contributed by atoms with Crippen molar-refractivity contribution in [2.45, 2.75) is 0 Å². The Morgan fingerprint density at radius 1 is 0.318 bits per heavy atom. The van der Waals surface area contributed by atoms with Gasteiger partial charge in [0.05, 0.1) is 51.0 Å². The van der Waals surface area contributed by atoms with Crippen LogP contribution in [0.25, 0.3) is 111 Å². The first kappa shape index (κ1) is 38.3. The normalized spacial score (nSPS) is 11.3. The summed E-state index contributed by atoms with van der Waals surface area (Å²) in [5.41, 5.74) is 12.4. The number of aromatic nitrogens is 5. The molecular weight excluding hydrogens is 807 g/mol. The first-order valence-corrected chi connectivity index (χ1v) is 21.7. The lowest BCUT2D eigenvalue weighted by Crippen LogP contribution is -2.05. The molecule has 306 valence electrons. The Kier molecular flexibility index (Phi) is 9.12. The number of nitriles is 2. The molecule has 0 aliphatic heterocycles. The Labute approximate surface area is 380 Å². The van der Waals surface area contributed by atoms with Crippen molar-refractivity contribution < 1.29 is 0 Å². The van der Waals surface area contributed by atoms with Crippen molar-refractivity contribution in [3.63, 3.8) is 0 Å². The van der Waals surface area contributed by atoms with Crippen LogP contribution in [0.4, 0.5) is 0 Å². The topological polar surface area (TPSA) is 96.1 Å². The second-order valence-electron chi connectivity index (χ2n) is 16.2. The first-order valence-electron chi connectivity index (χ1n) is 21.7. The molecule has 0 bridgehead atoms. The van der Waals surface area contributed by atoms with Gasteiger partial charge in [-0.1, -0.05) is 152 Å². The molecule has 0 N–H and O–H groups in total. The molecule has 0 spiro atoms. The van der Waals surface area contributed by atoms with Crippen LogP contribution in [0.3, 0.4) is 0 Å². The van der Waals surface area contributed by atoms with Crippen molar-refractivity contribution in [3.8, 4) is 79.9 Å². The summed E-state index contributed by atoms with van der Waals surface area (Å²) in [4.78, 5) is 15.4. The average molecular weight is 842 g/mol. The molecule has 0 aliphatic carbocycles. The van der Waals surface area contributed by atoms with Crippen LogP contribution in [0, 0.1) is 22.7 Å². The predicted octanol–water partition coefficient (Wildman–Crippen LogP) is 14.1. The van der Waals surface area contributed by atoms with Gasteiger partial charge < -0.3 is 9.13 Å². The van der Waals surface area contributed by atoms with E-state index < -0.39 is 0 Å². The molecule has 12 rings (SSSR count). The minimum Gasteiger partial charge on any atom is -0.309 e. The van der Waals surface area contributed by atoms with Crippen molar-refractivity contribution in [3.05, 3.63) is 223 Å². The summed E-state index contributed by atoms with van der Waals surface area (Å²) in [5, 5.41) is 26.1. The van der Waals surface area contributed by atoms with Gasteiger partial charge >= 0.3 is 0 Å². The van der Waals surface area contributed by atoms with Crippen LogP contribution in [0.15, 0.2) is 212 Å². The van der Waals surface area contributed by atoms with Gasteiger partial charge in [0.1, 0.15) is 0 Å². The van der Waals surface area contributed by atoms with Crippen LogP contribution in [0.1, 0.15) is 11.1 Å². The van der Waals surface area contributed by atoms with Gasteiger partial charge in [0, 0.05) is 66.2 Å². The summed E-state index contributed by atoms with van der Waals surface area (Å²) >= 11 is 0. The average Bonchev–Trinajstić information content (AvgIpc) is 3.89. The molecule has 9 aromatic carbocycles. The first-order chi connectivity index (χ1) is 32.7. The Hall–Kier alpha value is -9.43. The summed E-state index contributed by atoms with van der Waals surface area (Å²) in [6, 6.07) is 76.6. The van der Waals surface area contributed by atoms with Crippen molar-refractivity contribution in [2.24, 2.45) is 0 Å². The van der Waals surface area contributed by atoms with E-state index in [1.165, 1.54) is 0 Å². The summed E-state index contributed by atoms with van der Waals surface area (Å²) in [5.74, 6) is 1.51. The number of para-hydroxylation sites is 3. The lowest BCUT2D eigenvalue weighted by molar-refractivity contribution is 1.07. The number of hydrogen-bond acceptors (Lipinski definition) is 5. The van der Waals surface area contributed by atoms with E-state index in [9.17, 15) is 10.5 Å². The van der Waals surface area contributed by atoms with Crippen LogP contribution < -0.4 is 0 Å². The Morgan fingerprint density at radius 3 is 1.24 bits per heavy atom. The monoisotopic (exact) mass is 841 g/mol. The fourth-order valence-corrected chi connectivity index (χ4v) is 9.51. The van der Waals surface area contributed by atoms with Gasteiger partial charge in [-0.2, -0.15) is 10.5 Å². The maximum Gasteiger partial charge on any atom is 0.164 e. The highest BCUT2D eigenvalue weighted by molar-refractivity contribution is 6.20. The summed E-state index contributed by atoms with van der Waals surface area (Å²) in [7, 11) is 0. The Morgan fingerprint density at radius 2 is 0.727 bits per heavy atom. The van der Waals surface area contributed by atoms with E-state index in [2.05, 4.69) is 118 Å². The Balaban J connectivity index is 1.25. The van der Waals surface area contributed by atoms with Crippen molar-refractivity contribution in [1.82, 2.24) is 24.1 Å². The van der Waals surface area contributed by atoms with Crippen LogP contribution in [0.2, 0.25) is 0 Å². The summed E-state index contributed by atoms with van der Waals surface area (Å²) in [6.07, 6.45) is 0. The molecule has 0 fully saturated rings. The van der Waals surface area contributed by atoms with E-state index in [-0.39, 0.29) is 0 Å². The zero-order chi connectivity index (χ0) is 44.1. The zero-order valence-corrected chi connectivity index (χ0v) is 35.3. The maximum absolute atomic E-state index is 10.8. The second-order valence-corrected chi connectivity index (χ2v) is 16.2. The third-order valence-electron chi connectivity index (χ3n) is 12.4. The molecular formula is C59H35N7. The molecule has 12 aromatic rings. The molecule has 0 atom stereocenters. The Bertz CT molecular complexity index is 3810. The highest BCUT2D eigenvalue weighted by Gasteiger charge is 2.26. The van der Waals surface area contributed by atoms with Crippen molar-refractivity contribution in [1.29, 1.82) is 10.5 Å². The SMILES string of the molecule is N#Cc1ccccc1-c1cc(-c2nc(-c3ccccc3)nc(-c3ccccc3)n2)cc(-c2ccccc2C#N)c1-n1c2ccccc2c2cc3c4ccccc4n(-c4ccccc4)c3cc21. The largest absolute Gasteiger partial charge is 0.309 e. The molecule has 66 heavy (non-hydrogen) atoms. The zero-order valence-electron chi connectivity index (χ0n) is 35.3. The molecule has 7 nitrogen and oxygen atoms in total. The minimum atomic E-state index is 0.456. The third kappa shape index (κ3) is 6.23. The van der Waals surface area contributed by atoms with Gasteiger partial charge in [-0.05, 0) is 60.7 Å². The number of fused-ring (bicyclic) bond motifs is 6. The van der Waals surface area contributed by atoms with Gasteiger partial charge in [-0.15, -0.1) is 0 Å². The van der Waals surface area contributed by atoms with Gasteiger partial charge in [-0.25, -0.2) is 15.0 Å². The fraction of sp³-hybridized carbons (Fsp3) is 0. The van der Waals surface area contributed by atoms with Gasteiger partial charge in [0.2, 0.25) is 0 Å². The second kappa shape index (κ2) is 15.7. The van der Waals surface area contributed by atoms with Gasteiger partial charge in [0.25, 0.3) is 0 Å². The van der Waals surface area contributed by atoms with E-state index in [1.807, 2.05) is 115 Å². The van der Waals surface area contributed by atoms with Crippen molar-refractivity contribution in [2.75, 3.05) is 0 Å². The van der Waals surface area contributed by atoms with Crippen LogP contribution >= 0.6 is 0 Å². The predicted molar refractivity (Wildman–Crippen MR) is 265 cm³/mol. The highest BCUT2D eigenvalue weighted by atomic mass is 15.0. The smallest absolute Gasteiger partial charge is 0.164 e. The summed E-state index contributed by atoms with van der Waals surface area (Å²) < 4.78 is 4.66. The minimum absolute atomic E-state index is 0.456. The van der Waals surface area contributed by atoms with Crippen molar-refractivity contribution >= 4 is 43.6 Å². The molecule has 0 unspecified atom stereocenters. The van der Waals surface area contributed by atoms with Crippen LogP contribution in [-0.2, 0) is 0 Å². The number of nitrogens with zero attached hydrogens (tertiary/aromatic N) is 7. The van der Waals surface area contributed by atoms with E-state index in [0.29, 0.717) is 34.2 Å². The number of rotatable bonds is 7. The molecule has 3 heterocycles. The molecule has 0 saturated carbocycles. The standard InChI is InChI=1S/C59H35N7/c60-36-40-22-10-12-26-44(40)50-32-42(59-63-57(38-18-4-1-5-19-38)62-58(64-59)39-20-6-2-7-21-39)33-51(45-27-13-11-23-41(45)37-61)56(50)66-53-31-17-15-29-47(53)49-34-48-46-28-14-16-30-52(46)65(54(48)35-55(49)66)43-24-8-3-9-25-43/h1-35H. The van der Waals surface area contributed by atoms with Crippen LogP contribution in [0.5, 0.6) is 0 Å². The van der Waals surface area contributed by atoms with E-state index >= 15 is 0 Å². The molecule has 0 aliphatic rings. The van der Waals surface area contributed by atoms with E-state index in [1.54, 1.807) is 0 Å². The van der Waals surface area contributed by atoms with E-state index in [0.717, 1.165) is 88.4 Å². The number of benzene rings is 9. The quantitative estimate of drug-likeness (QED) is 0.159. The van der Waals surface area contributed by atoms with Gasteiger partial charge in [-0.3, -0.25) is 0 Å². The molecule has 0 radical (unpaired) electrons. The molecule has 0 amide bonds. The lowest BCUT2D eigenvalue weighted by atomic mass is 9.89. The number of hydrogen-bond donors (Lipinski definition) is 0. The summed E-state index contributed by atoms with van der Waals surface area (Å²) in [6.45, 7) is 0. The molecule has 0 saturated heterocycles. The lowest BCUT2D eigenvalue weighted by Gasteiger charge is -2.22. The van der Waals surface area contributed by atoms with E-state index in [4.69, 9.17) is 15.0 Å². The maximum atomic E-state index is 10.8. The molecule has 3 aromatic heterocycles.